The van der Waals surface area contributed by atoms with Gasteiger partial charge in [-0.2, -0.15) is 0 Å². The summed E-state index contributed by atoms with van der Waals surface area (Å²) in [6.45, 7) is 3.85. The summed E-state index contributed by atoms with van der Waals surface area (Å²) in [7, 11) is 0. The predicted molar refractivity (Wildman–Crippen MR) is 81.6 cm³/mol. The molecule has 0 aromatic heterocycles. The molecule has 0 saturated carbocycles. The smallest absolute Gasteiger partial charge is 0.337 e. The van der Waals surface area contributed by atoms with Crippen molar-refractivity contribution in [2.45, 2.75) is 19.9 Å². The second-order valence-electron chi connectivity index (χ2n) is 4.77. The van der Waals surface area contributed by atoms with Gasteiger partial charge in [-0.1, -0.05) is 35.4 Å². The molecule has 0 aliphatic heterocycles. The number of carboxylic acids is 1. The Kier molecular flexibility index (Phi) is 4.30. The molecule has 0 bridgehead atoms. The van der Waals surface area contributed by atoms with Crippen LogP contribution in [0.3, 0.4) is 0 Å². The highest BCUT2D eigenvalue weighted by atomic mass is 35.5. The average molecular weight is 290 g/mol. The molecular weight excluding hydrogens is 274 g/mol. The number of hydrogen-bond donors (Lipinski definition) is 2. The second kappa shape index (κ2) is 5.97. The van der Waals surface area contributed by atoms with Gasteiger partial charge in [0.15, 0.2) is 0 Å². The zero-order valence-corrected chi connectivity index (χ0v) is 12.1. The van der Waals surface area contributed by atoms with Crippen LogP contribution in [0.5, 0.6) is 0 Å². The summed E-state index contributed by atoms with van der Waals surface area (Å²) in [5, 5.41) is 13.2. The van der Waals surface area contributed by atoms with Crippen LogP contribution in [-0.4, -0.2) is 11.1 Å². The van der Waals surface area contributed by atoms with Crippen molar-refractivity contribution in [1.29, 1.82) is 0 Å². The van der Waals surface area contributed by atoms with Gasteiger partial charge in [0.25, 0.3) is 0 Å². The number of carboxylic acid groups (broad SMARTS) is 1. The molecule has 0 fully saturated rings. The molecule has 0 aliphatic rings. The van der Waals surface area contributed by atoms with Crippen LogP contribution in [0, 0.1) is 6.92 Å². The van der Waals surface area contributed by atoms with Crippen molar-refractivity contribution < 1.29 is 9.90 Å². The van der Waals surface area contributed by atoms with E-state index in [1.54, 1.807) is 12.1 Å². The van der Waals surface area contributed by atoms with Gasteiger partial charge in [-0.05, 0) is 43.7 Å². The van der Waals surface area contributed by atoms with E-state index in [-0.39, 0.29) is 11.6 Å². The molecule has 0 spiro atoms. The maximum absolute atomic E-state index is 11.3. The Labute approximate surface area is 123 Å². The van der Waals surface area contributed by atoms with Crippen molar-refractivity contribution in [1.82, 2.24) is 0 Å². The van der Waals surface area contributed by atoms with Gasteiger partial charge < -0.3 is 10.4 Å². The number of hydrogen-bond acceptors (Lipinski definition) is 2. The van der Waals surface area contributed by atoms with Crippen LogP contribution in [0.1, 0.15) is 34.5 Å². The SMILES string of the molecule is Cc1ccc(NC(C)c2ccc(Cl)cc2)c(C(=O)O)c1. The lowest BCUT2D eigenvalue weighted by Crippen LogP contribution is -2.10. The minimum absolute atomic E-state index is 0.00641. The van der Waals surface area contributed by atoms with E-state index < -0.39 is 5.97 Å². The van der Waals surface area contributed by atoms with Crippen LogP contribution in [0.4, 0.5) is 5.69 Å². The van der Waals surface area contributed by atoms with Crippen molar-refractivity contribution in [3.8, 4) is 0 Å². The van der Waals surface area contributed by atoms with Crippen LogP contribution in [0.2, 0.25) is 5.02 Å². The maximum Gasteiger partial charge on any atom is 0.337 e. The van der Waals surface area contributed by atoms with E-state index >= 15 is 0 Å². The molecule has 0 heterocycles. The zero-order chi connectivity index (χ0) is 14.7. The largest absolute Gasteiger partial charge is 0.478 e. The molecule has 104 valence electrons. The lowest BCUT2D eigenvalue weighted by Gasteiger charge is -2.17. The predicted octanol–water partition coefficient (Wildman–Crippen LogP) is 4.52. The second-order valence-corrected chi connectivity index (χ2v) is 5.21. The fourth-order valence-electron chi connectivity index (χ4n) is 2.03. The van der Waals surface area contributed by atoms with E-state index in [4.69, 9.17) is 11.6 Å². The normalized spacial score (nSPS) is 11.9. The number of benzene rings is 2. The number of carbonyl (C=O) groups is 1. The van der Waals surface area contributed by atoms with Gasteiger partial charge in [0.1, 0.15) is 0 Å². The summed E-state index contributed by atoms with van der Waals surface area (Å²) in [5.41, 5.74) is 2.87. The highest BCUT2D eigenvalue weighted by molar-refractivity contribution is 6.30. The molecule has 2 N–H and O–H groups in total. The quantitative estimate of drug-likeness (QED) is 0.870. The van der Waals surface area contributed by atoms with Crippen LogP contribution in [-0.2, 0) is 0 Å². The third kappa shape index (κ3) is 3.31. The van der Waals surface area contributed by atoms with E-state index in [0.29, 0.717) is 10.7 Å². The van der Waals surface area contributed by atoms with Crippen LogP contribution in [0.25, 0.3) is 0 Å². The minimum Gasteiger partial charge on any atom is -0.478 e. The maximum atomic E-state index is 11.3. The van der Waals surface area contributed by atoms with Gasteiger partial charge in [0.05, 0.1) is 5.56 Å². The summed E-state index contributed by atoms with van der Waals surface area (Å²) < 4.78 is 0. The van der Waals surface area contributed by atoms with E-state index in [1.165, 1.54) is 0 Å². The third-order valence-corrected chi connectivity index (χ3v) is 3.40. The average Bonchev–Trinajstić information content (AvgIpc) is 2.41. The number of halogens is 1. The fraction of sp³-hybridized carbons (Fsp3) is 0.188. The Morgan fingerprint density at radius 2 is 1.85 bits per heavy atom. The highest BCUT2D eigenvalue weighted by Crippen LogP contribution is 2.24. The van der Waals surface area contributed by atoms with Gasteiger partial charge in [-0.3, -0.25) is 0 Å². The van der Waals surface area contributed by atoms with Crippen LogP contribution >= 0.6 is 11.6 Å². The van der Waals surface area contributed by atoms with Crippen molar-refractivity contribution in [2.75, 3.05) is 5.32 Å². The van der Waals surface area contributed by atoms with Crippen LogP contribution < -0.4 is 5.32 Å². The van der Waals surface area contributed by atoms with Crippen LogP contribution in [0.15, 0.2) is 42.5 Å². The van der Waals surface area contributed by atoms with Gasteiger partial charge in [-0.15, -0.1) is 0 Å². The minimum atomic E-state index is -0.931. The monoisotopic (exact) mass is 289 g/mol. The Morgan fingerprint density at radius 3 is 2.45 bits per heavy atom. The molecule has 20 heavy (non-hydrogen) atoms. The van der Waals surface area contributed by atoms with E-state index in [9.17, 15) is 9.90 Å². The van der Waals surface area contributed by atoms with Crippen molar-refractivity contribution >= 4 is 23.3 Å². The number of anilines is 1. The first-order valence-corrected chi connectivity index (χ1v) is 6.71. The summed E-state index contributed by atoms with van der Waals surface area (Å²) in [4.78, 5) is 11.3. The molecule has 0 saturated heterocycles. The Bertz CT molecular complexity index is 623. The number of rotatable bonds is 4. The summed E-state index contributed by atoms with van der Waals surface area (Å²) in [5.74, 6) is -0.931. The Morgan fingerprint density at radius 1 is 1.20 bits per heavy atom. The molecule has 0 amide bonds. The Balaban J connectivity index is 2.25. The lowest BCUT2D eigenvalue weighted by atomic mass is 10.1. The number of aromatic carboxylic acids is 1. The molecule has 1 unspecified atom stereocenters. The molecular formula is C16H16ClNO2. The van der Waals surface area contributed by atoms with E-state index in [2.05, 4.69) is 5.32 Å². The van der Waals surface area contributed by atoms with Crippen molar-refractivity contribution in [3.05, 3.63) is 64.2 Å². The Hall–Kier alpha value is -2.00. The van der Waals surface area contributed by atoms with Crippen molar-refractivity contribution in [3.63, 3.8) is 0 Å². The first-order chi connectivity index (χ1) is 9.47. The number of nitrogens with one attached hydrogen (secondary N) is 1. The lowest BCUT2D eigenvalue weighted by molar-refractivity contribution is 0.0698. The molecule has 3 nitrogen and oxygen atoms in total. The summed E-state index contributed by atoms with van der Waals surface area (Å²) >= 11 is 5.86. The standard InChI is InChI=1S/C16H16ClNO2/c1-10-3-8-15(14(9-10)16(19)20)18-11(2)12-4-6-13(17)7-5-12/h3-9,11,18H,1-2H3,(H,19,20). The van der Waals surface area contributed by atoms with Crippen molar-refractivity contribution in [2.24, 2.45) is 0 Å². The molecule has 2 rings (SSSR count). The molecule has 2 aromatic rings. The topological polar surface area (TPSA) is 49.3 Å². The first-order valence-electron chi connectivity index (χ1n) is 6.33. The molecule has 4 heteroatoms. The van der Waals surface area contributed by atoms with Gasteiger partial charge in [0.2, 0.25) is 0 Å². The molecule has 0 aliphatic carbocycles. The van der Waals surface area contributed by atoms with E-state index in [0.717, 1.165) is 11.1 Å². The first kappa shape index (κ1) is 14.4. The number of aryl methyl sites for hydroxylation is 1. The molecule has 0 radical (unpaired) electrons. The highest BCUT2D eigenvalue weighted by Gasteiger charge is 2.13. The molecule has 1 atom stereocenters. The third-order valence-electron chi connectivity index (χ3n) is 3.15. The van der Waals surface area contributed by atoms with Gasteiger partial charge in [-0.25, -0.2) is 4.79 Å². The van der Waals surface area contributed by atoms with E-state index in [1.807, 2.05) is 44.2 Å². The summed E-state index contributed by atoms with van der Waals surface area (Å²) in [6, 6.07) is 12.8. The summed E-state index contributed by atoms with van der Waals surface area (Å²) in [6.07, 6.45) is 0. The molecule has 2 aromatic carbocycles. The fourth-order valence-corrected chi connectivity index (χ4v) is 2.15. The van der Waals surface area contributed by atoms with Gasteiger partial charge in [0, 0.05) is 16.8 Å². The van der Waals surface area contributed by atoms with Gasteiger partial charge >= 0.3 is 5.97 Å². The zero-order valence-electron chi connectivity index (χ0n) is 11.4.